The Morgan fingerprint density at radius 2 is 1.09 bits per heavy atom. The molecule has 10 nitrogen and oxygen atoms in total. The summed E-state index contributed by atoms with van der Waals surface area (Å²) in [5.41, 5.74) is -6.85. The molecule has 0 aliphatic rings. The SMILES string of the molecule is COP(=O)(Oc1c([N+](=O)[O-])cc(C)cc1C(F)(F)F)Oc1c([N+](=O)[O-])cc(C)cc1C(F)(F)F. The maximum atomic E-state index is 13.5. The second kappa shape index (κ2) is 9.10. The van der Waals surface area contributed by atoms with Crippen molar-refractivity contribution in [3.05, 3.63) is 66.7 Å². The van der Waals surface area contributed by atoms with E-state index in [2.05, 4.69) is 13.6 Å². The number of phosphoric ester groups is 1. The van der Waals surface area contributed by atoms with Crippen LogP contribution in [0.5, 0.6) is 11.5 Å². The minimum Gasteiger partial charge on any atom is -0.387 e. The normalized spacial score (nSPS) is 12.4. The predicted octanol–water partition coefficient (Wildman–Crippen LogP) is 6.37. The molecule has 2 rings (SSSR count). The van der Waals surface area contributed by atoms with Crippen molar-refractivity contribution in [1.82, 2.24) is 0 Å². The topological polar surface area (TPSA) is 131 Å². The summed E-state index contributed by atoms with van der Waals surface area (Å²) in [7, 11) is -5.12. The molecule has 0 radical (unpaired) electrons. The average molecular weight is 518 g/mol. The fourth-order valence-electron chi connectivity index (χ4n) is 2.71. The van der Waals surface area contributed by atoms with Crippen LogP contribution in [0.1, 0.15) is 22.3 Å². The Kier molecular flexibility index (Phi) is 7.19. The van der Waals surface area contributed by atoms with Gasteiger partial charge in [-0.2, -0.15) is 26.3 Å². The molecule has 0 aliphatic heterocycles. The van der Waals surface area contributed by atoms with Crippen LogP contribution in [0.25, 0.3) is 0 Å². The summed E-state index contributed by atoms with van der Waals surface area (Å²) in [4.78, 5) is 19.9. The molecule has 34 heavy (non-hydrogen) atoms. The molecule has 0 saturated heterocycles. The quantitative estimate of drug-likeness (QED) is 0.179. The first-order valence-corrected chi connectivity index (χ1v) is 10.1. The third kappa shape index (κ3) is 5.75. The maximum absolute atomic E-state index is 13.5. The molecular weight excluding hydrogens is 505 g/mol. The molecule has 186 valence electrons. The van der Waals surface area contributed by atoms with Gasteiger partial charge in [-0.15, -0.1) is 0 Å². The van der Waals surface area contributed by atoms with Gasteiger partial charge in [0.1, 0.15) is 11.1 Å². The zero-order chi connectivity index (χ0) is 26.2. The third-order valence-electron chi connectivity index (χ3n) is 4.06. The lowest BCUT2D eigenvalue weighted by atomic mass is 10.1. The smallest absolute Gasteiger partial charge is 0.387 e. The van der Waals surface area contributed by atoms with E-state index in [1.165, 1.54) is 0 Å². The Labute approximate surface area is 186 Å². The van der Waals surface area contributed by atoms with Crippen molar-refractivity contribution in [2.24, 2.45) is 0 Å². The summed E-state index contributed by atoms with van der Waals surface area (Å²) >= 11 is 0. The fraction of sp³-hybridized carbons (Fsp3) is 0.294. The molecule has 0 heterocycles. The predicted molar refractivity (Wildman–Crippen MR) is 102 cm³/mol. The van der Waals surface area contributed by atoms with Crippen molar-refractivity contribution in [1.29, 1.82) is 0 Å². The molecule has 0 bridgehead atoms. The molecular formula is C17H13F6N2O8P. The maximum Gasteiger partial charge on any atom is 0.587 e. The van der Waals surface area contributed by atoms with Crippen LogP contribution in [0.3, 0.4) is 0 Å². The van der Waals surface area contributed by atoms with E-state index < -0.39 is 64.0 Å². The van der Waals surface area contributed by atoms with E-state index >= 15 is 0 Å². The molecule has 0 atom stereocenters. The zero-order valence-electron chi connectivity index (χ0n) is 17.2. The number of halogens is 6. The Balaban J connectivity index is 2.77. The first kappa shape index (κ1) is 26.9. The van der Waals surface area contributed by atoms with E-state index in [4.69, 9.17) is 0 Å². The summed E-state index contributed by atoms with van der Waals surface area (Å²) in [5.74, 6) is -3.37. The van der Waals surface area contributed by atoms with Crippen molar-refractivity contribution >= 4 is 19.2 Å². The number of hydrogen-bond donors (Lipinski definition) is 0. The molecule has 0 saturated carbocycles. The Bertz CT molecular complexity index is 1110. The van der Waals surface area contributed by atoms with Crippen molar-refractivity contribution in [3.8, 4) is 11.5 Å². The molecule has 0 aromatic heterocycles. The van der Waals surface area contributed by atoms with Gasteiger partial charge in [0.25, 0.3) is 0 Å². The third-order valence-corrected chi connectivity index (χ3v) is 5.32. The zero-order valence-corrected chi connectivity index (χ0v) is 18.1. The van der Waals surface area contributed by atoms with Crippen LogP contribution in [-0.2, 0) is 21.4 Å². The molecule has 0 spiro atoms. The van der Waals surface area contributed by atoms with Gasteiger partial charge in [-0.05, 0) is 37.1 Å². The Hall–Kier alpha value is -3.39. The number of benzene rings is 2. The highest BCUT2D eigenvalue weighted by atomic mass is 31.2. The standard InChI is InChI=1S/C17H13F6N2O8P/c1-8-4-10(16(18,19)20)14(12(6-8)24(26)27)32-34(30,31-3)33-15-11(17(21,22)23)5-9(2)7-13(15)25(28)29/h4-7H,1-3H3. The van der Waals surface area contributed by atoms with Crippen LogP contribution >= 0.6 is 7.82 Å². The van der Waals surface area contributed by atoms with Gasteiger partial charge in [-0.25, -0.2) is 4.57 Å². The number of nitro benzene ring substituents is 2. The van der Waals surface area contributed by atoms with Crippen LogP contribution in [0, 0.1) is 34.1 Å². The first-order valence-electron chi connectivity index (χ1n) is 8.67. The summed E-state index contributed by atoms with van der Waals surface area (Å²) in [6, 6.07) is 2.00. The van der Waals surface area contributed by atoms with Crippen LogP contribution in [0.4, 0.5) is 37.7 Å². The second-order valence-corrected chi connectivity index (χ2v) is 8.27. The number of rotatable bonds is 7. The van der Waals surface area contributed by atoms with Gasteiger partial charge in [0.05, 0.1) is 9.85 Å². The average Bonchev–Trinajstić information content (AvgIpc) is 2.68. The summed E-state index contributed by atoms with van der Waals surface area (Å²) in [6.45, 7) is 2.15. The highest BCUT2D eigenvalue weighted by molar-refractivity contribution is 7.49. The number of hydrogen-bond acceptors (Lipinski definition) is 8. The van der Waals surface area contributed by atoms with Crippen LogP contribution in [-0.4, -0.2) is 17.0 Å². The molecule has 2 aromatic carbocycles. The van der Waals surface area contributed by atoms with E-state index in [9.17, 15) is 51.1 Å². The monoisotopic (exact) mass is 518 g/mol. The summed E-state index contributed by atoms with van der Waals surface area (Å²) in [6.07, 6.45) is -10.6. The summed E-state index contributed by atoms with van der Waals surface area (Å²) < 4.78 is 107. The molecule has 0 fully saturated rings. The molecule has 2 aromatic rings. The minimum absolute atomic E-state index is 0.256. The lowest BCUT2D eigenvalue weighted by molar-refractivity contribution is -0.386. The highest BCUT2D eigenvalue weighted by Crippen LogP contribution is 2.57. The molecule has 0 unspecified atom stereocenters. The summed E-state index contributed by atoms with van der Waals surface area (Å²) in [5, 5.41) is 22.6. The number of aryl methyl sites for hydroxylation is 2. The van der Waals surface area contributed by atoms with Crippen LogP contribution in [0.15, 0.2) is 24.3 Å². The first-order chi connectivity index (χ1) is 15.4. The number of nitrogens with zero attached hydrogens (tertiary/aromatic N) is 2. The van der Waals surface area contributed by atoms with Crippen LogP contribution in [0.2, 0.25) is 0 Å². The van der Waals surface area contributed by atoms with Gasteiger partial charge >= 0.3 is 31.6 Å². The van der Waals surface area contributed by atoms with Gasteiger partial charge in [0.15, 0.2) is 0 Å². The van der Waals surface area contributed by atoms with Crippen molar-refractivity contribution in [2.45, 2.75) is 26.2 Å². The van der Waals surface area contributed by atoms with Crippen molar-refractivity contribution in [2.75, 3.05) is 7.11 Å². The largest absolute Gasteiger partial charge is 0.587 e. The number of nitro groups is 2. The van der Waals surface area contributed by atoms with Gasteiger partial charge in [0.2, 0.25) is 11.5 Å². The van der Waals surface area contributed by atoms with E-state index in [-0.39, 0.29) is 11.1 Å². The molecule has 0 aliphatic carbocycles. The van der Waals surface area contributed by atoms with Crippen molar-refractivity contribution in [3.63, 3.8) is 0 Å². The van der Waals surface area contributed by atoms with Gasteiger partial charge in [-0.3, -0.25) is 24.8 Å². The molecule has 0 N–H and O–H groups in total. The minimum atomic E-state index is -5.61. The van der Waals surface area contributed by atoms with E-state index in [0.29, 0.717) is 31.4 Å². The number of phosphoric acid groups is 1. The van der Waals surface area contributed by atoms with Gasteiger partial charge < -0.3 is 9.05 Å². The van der Waals surface area contributed by atoms with Crippen molar-refractivity contribution < 1.29 is 54.3 Å². The Morgan fingerprint density at radius 1 is 0.765 bits per heavy atom. The molecule has 0 amide bonds. The van der Waals surface area contributed by atoms with E-state index in [1.807, 2.05) is 0 Å². The van der Waals surface area contributed by atoms with Gasteiger partial charge in [-0.1, -0.05) is 0 Å². The van der Waals surface area contributed by atoms with Gasteiger partial charge in [0, 0.05) is 19.2 Å². The Morgan fingerprint density at radius 3 is 1.32 bits per heavy atom. The lowest BCUT2D eigenvalue weighted by Gasteiger charge is -2.21. The van der Waals surface area contributed by atoms with E-state index in [0.717, 1.165) is 13.8 Å². The lowest BCUT2D eigenvalue weighted by Crippen LogP contribution is -2.15. The van der Waals surface area contributed by atoms with Crippen LogP contribution < -0.4 is 9.05 Å². The molecule has 17 heteroatoms. The number of alkyl halides is 6. The fourth-order valence-corrected chi connectivity index (χ4v) is 3.73. The van der Waals surface area contributed by atoms with E-state index in [1.54, 1.807) is 0 Å². The second-order valence-electron chi connectivity index (χ2n) is 6.64. The highest BCUT2D eigenvalue weighted by Gasteiger charge is 2.46.